The zero-order chi connectivity index (χ0) is 16.6. The van der Waals surface area contributed by atoms with Crippen LogP contribution in [0.2, 0.25) is 0 Å². The number of carbonyl (C=O) groups is 2. The summed E-state index contributed by atoms with van der Waals surface area (Å²) in [7, 11) is 1.84. The van der Waals surface area contributed by atoms with Crippen LogP contribution >= 0.6 is 11.3 Å². The van der Waals surface area contributed by atoms with Crippen molar-refractivity contribution in [2.75, 3.05) is 0 Å². The van der Waals surface area contributed by atoms with Gasteiger partial charge in [0.2, 0.25) is 11.8 Å². The molecule has 1 unspecified atom stereocenters. The fourth-order valence-electron chi connectivity index (χ4n) is 2.76. The Labute approximate surface area is 139 Å². The van der Waals surface area contributed by atoms with Gasteiger partial charge in [-0.2, -0.15) is 5.10 Å². The van der Waals surface area contributed by atoms with Crippen molar-refractivity contribution >= 4 is 23.2 Å². The van der Waals surface area contributed by atoms with E-state index in [1.807, 2.05) is 18.6 Å². The third-order valence-electron chi connectivity index (χ3n) is 3.96. The van der Waals surface area contributed by atoms with Crippen LogP contribution in [-0.4, -0.2) is 31.5 Å². The van der Waals surface area contributed by atoms with Gasteiger partial charge in [-0.3, -0.25) is 19.2 Å². The first kappa shape index (κ1) is 15.9. The molecule has 0 aliphatic carbocycles. The van der Waals surface area contributed by atoms with Gasteiger partial charge in [0.15, 0.2) is 0 Å². The van der Waals surface area contributed by atoms with Gasteiger partial charge >= 0.3 is 0 Å². The summed E-state index contributed by atoms with van der Waals surface area (Å²) in [4.78, 5) is 30.6. The second kappa shape index (κ2) is 6.23. The van der Waals surface area contributed by atoms with Gasteiger partial charge in [-0.1, -0.05) is 13.8 Å². The van der Waals surface area contributed by atoms with Gasteiger partial charge in [0.05, 0.1) is 29.4 Å². The summed E-state index contributed by atoms with van der Waals surface area (Å²) < 4.78 is 1.71. The van der Waals surface area contributed by atoms with Crippen molar-refractivity contribution in [3.8, 4) is 0 Å². The number of aromatic nitrogens is 3. The summed E-state index contributed by atoms with van der Waals surface area (Å²) in [6.45, 7) is 4.45. The summed E-state index contributed by atoms with van der Waals surface area (Å²) in [5.41, 5.74) is 1.78. The molecule has 0 aromatic carbocycles. The number of rotatable bonds is 5. The van der Waals surface area contributed by atoms with Crippen molar-refractivity contribution in [3.63, 3.8) is 0 Å². The predicted molar refractivity (Wildman–Crippen MR) is 86.8 cm³/mol. The molecular formula is C16H20N4O2S. The highest BCUT2D eigenvalue weighted by molar-refractivity contribution is 7.09. The highest BCUT2D eigenvalue weighted by Gasteiger charge is 2.38. The lowest BCUT2D eigenvalue weighted by atomic mass is 10.0. The zero-order valence-electron chi connectivity index (χ0n) is 13.5. The number of nitrogens with zero attached hydrogens (tertiary/aromatic N) is 4. The van der Waals surface area contributed by atoms with E-state index in [1.54, 1.807) is 22.2 Å². The molecule has 0 saturated carbocycles. The third kappa shape index (κ3) is 3.34. The topological polar surface area (TPSA) is 68.1 Å². The van der Waals surface area contributed by atoms with Crippen molar-refractivity contribution in [2.45, 2.75) is 39.2 Å². The van der Waals surface area contributed by atoms with Gasteiger partial charge in [-0.25, -0.2) is 4.98 Å². The highest BCUT2D eigenvalue weighted by Crippen LogP contribution is 2.26. The molecule has 3 rings (SSSR count). The van der Waals surface area contributed by atoms with Crippen molar-refractivity contribution in [3.05, 3.63) is 34.0 Å². The smallest absolute Gasteiger partial charge is 0.233 e. The Kier molecular flexibility index (Phi) is 4.30. The second-order valence-corrected chi connectivity index (χ2v) is 7.17. The van der Waals surface area contributed by atoms with E-state index in [-0.39, 0.29) is 30.7 Å². The number of amides is 2. The van der Waals surface area contributed by atoms with Crippen molar-refractivity contribution < 1.29 is 9.59 Å². The zero-order valence-corrected chi connectivity index (χ0v) is 14.3. The Morgan fingerprint density at radius 1 is 1.39 bits per heavy atom. The number of likely N-dealkylation sites (tertiary alicyclic amines) is 1. The number of hydrogen-bond acceptors (Lipinski definition) is 5. The molecular weight excluding hydrogens is 312 g/mol. The van der Waals surface area contributed by atoms with Crippen molar-refractivity contribution in [1.29, 1.82) is 0 Å². The van der Waals surface area contributed by atoms with E-state index in [0.717, 1.165) is 16.3 Å². The Morgan fingerprint density at radius 3 is 2.78 bits per heavy atom. The molecule has 0 radical (unpaired) electrons. The quantitative estimate of drug-likeness (QED) is 0.787. The van der Waals surface area contributed by atoms with Crippen LogP contribution in [0.1, 0.15) is 42.5 Å². The Hall–Kier alpha value is -2.02. The van der Waals surface area contributed by atoms with Crippen LogP contribution in [0.5, 0.6) is 0 Å². The normalized spacial score (nSPS) is 18.4. The first-order valence-corrected chi connectivity index (χ1v) is 8.58. The maximum Gasteiger partial charge on any atom is 0.233 e. The molecule has 23 heavy (non-hydrogen) atoms. The van der Waals surface area contributed by atoms with E-state index in [1.165, 1.54) is 4.90 Å². The van der Waals surface area contributed by atoms with Gasteiger partial charge in [0.25, 0.3) is 0 Å². The van der Waals surface area contributed by atoms with Crippen LogP contribution < -0.4 is 0 Å². The summed E-state index contributed by atoms with van der Waals surface area (Å²) in [5.74, 6) is -0.132. The van der Waals surface area contributed by atoms with E-state index in [2.05, 4.69) is 23.9 Å². The molecule has 122 valence electrons. The summed E-state index contributed by atoms with van der Waals surface area (Å²) in [5, 5.41) is 7.08. The molecule has 2 amide bonds. The summed E-state index contributed by atoms with van der Waals surface area (Å²) >= 11 is 1.58. The maximum atomic E-state index is 12.5. The van der Waals surface area contributed by atoms with Gasteiger partial charge in [0.1, 0.15) is 0 Å². The molecule has 1 saturated heterocycles. The van der Waals surface area contributed by atoms with E-state index < -0.39 is 0 Å². The molecule has 6 nitrogen and oxygen atoms in total. The van der Waals surface area contributed by atoms with E-state index in [0.29, 0.717) is 12.3 Å². The molecule has 7 heteroatoms. The van der Waals surface area contributed by atoms with Gasteiger partial charge in [0, 0.05) is 31.0 Å². The minimum absolute atomic E-state index is 0.0991. The molecule has 3 heterocycles. The predicted octanol–water partition coefficient (Wildman–Crippen LogP) is 2.12. The molecule has 1 atom stereocenters. The average Bonchev–Trinajstić information content (AvgIpc) is 3.17. The fourth-order valence-corrected chi connectivity index (χ4v) is 3.59. The van der Waals surface area contributed by atoms with Crippen LogP contribution in [0.3, 0.4) is 0 Å². The van der Waals surface area contributed by atoms with Crippen LogP contribution in [0, 0.1) is 5.92 Å². The second-order valence-electron chi connectivity index (χ2n) is 6.28. The Bertz CT molecular complexity index is 734. The lowest BCUT2D eigenvalue weighted by molar-refractivity contribution is -0.140. The number of carbonyl (C=O) groups excluding carboxylic acids is 2. The standard InChI is InChI=1S/C16H20N4O2S/c1-10(2)15-18-13(9-23-15)8-20-14(21)5-12(16(20)22)4-11-6-17-19(3)7-11/h6-7,9-10,12H,4-5,8H2,1-3H3. The van der Waals surface area contributed by atoms with Crippen LogP contribution in [0.15, 0.2) is 17.8 Å². The molecule has 2 aromatic rings. The first-order valence-electron chi connectivity index (χ1n) is 7.70. The van der Waals surface area contributed by atoms with E-state index in [9.17, 15) is 9.59 Å². The number of aryl methyl sites for hydroxylation is 1. The summed E-state index contributed by atoms with van der Waals surface area (Å²) in [6, 6.07) is 0. The molecule has 1 fully saturated rings. The highest BCUT2D eigenvalue weighted by atomic mass is 32.1. The average molecular weight is 332 g/mol. The minimum atomic E-state index is -0.282. The first-order chi connectivity index (χ1) is 10.9. The van der Waals surface area contributed by atoms with E-state index >= 15 is 0 Å². The molecule has 0 N–H and O–H groups in total. The maximum absolute atomic E-state index is 12.5. The Balaban J connectivity index is 1.68. The lowest BCUT2D eigenvalue weighted by Crippen LogP contribution is -2.30. The van der Waals surface area contributed by atoms with Crippen LogP contribution in [-0.2, 0) is 29.6 Å². The van der Waals surface area contributed by atoms with E-state index in [4.69, 9.17) is 0 Å². The lowest BCUT2D eigenvalue weighted by Gasteiger charge is -2.13. The van der Waals surface area contributed by atoms with Crippen LogP contribution in [0.25, 0.3) is 0 Å². The number of hydrogen-bond donors (Lipinski definition) is 0. The molecule has 2 aromatic heterocycles. The minimum Gasteiger partial charge on any atom is -0.276 e. The Morgan fingerprint density at radius 2 is 2.17 bits per heavy atom. The molecule has 0 bridgehead atoms. The van der Waals surface area contributed by atoms with Gasteiger partial charge in [-0.15, -0.1) is 11.3 Å². The molecule has 1 aliphatic rings. The van der Waals surface area contributed by atoms with Gasteiger partial charge < -0.3 is 0 Å². The number of thiazole rings is 1. The van der Waals surface area contributed by atoms with Crippen LogP contribution in [0.4, 0.5) is 0 Å². The monoisotopic (exact) mass is 332 g/mol. The van der Waals surface area contributed by atoms with Gasteiger partial charge in [-0.05, 0) is 12.0 Å². The largest absolute Gasteiger partial charge is 0.276 e. The SMILES string of the molecule is CC(C)c1nc(CN2C(=O)CC(Cc3cnn(C)c3)C2=O)cs1. The summed E-state index contributed by atoms with van der Waals surface area (Å²) in [6.07, 6.45) is 4.46. The number of imide groups is 1. The molecule has 0 spiro atoms. The van der Waals surface area contributed by atoms with Crippen molar-refractivity contribution in [2.24, 2.45) is 13.0 Å². The third-order valence-corrected chi connectivity index (χ3v) is 5.16. The van der Waals surface area contributed by atoms with Crippen molar-refractivity contribution in [1.82, 2.24) is 19.7 Å². The fraction of sp³-hybridized carbons (Fsp3) is 0.500. The molecule has 1 aliphatic heterocycles.